The molecule has 0 atom stereocenters. The topological polar surface area (TPSA) is 79.2 Å². The number of amides is 1. The van der Waals surface area contributed by atoms with Crippen molar-refractivity contribution in [2.24, 2.45) is 0 Å². The lowest BCUT2D eigenvalue weighted by Crippen LogP contribution is -2.21. The Morgan fingerprint density at radius 3 is 2.38 bits per heavy atom. The van der Waals surface area contributed by atoms with Crippen LogP contribution in [0.4, 0.5) is 5.69 Å². The van der Waals surface area contributed by atoms with Gasteiger partial charge in [0.2, 0.25) is 0 Å². The van der Waals surface area contributed by atoms with E-state index in [1.54, 1.807) is 54.6 Å². The van der Waals surface area contributed by atoms with Crippen molar-refractivity contribution in [2.75, 3.05) is 11.9 Å². The molecule has 0 saturated heterocycles. The van der Waals surface area contributed by atoms with E-state index in [0.29, 0.717) is 27.9 Å². The SMILES string of the molecule is Cc1cccc(NC(=O)COC(=O)c2ccccc2-c2ccccc2C#N)c1C. The summed E-state index contributed by atoms with van der Waals surface area (Å²) in [5.74, 6) is -1.04. The van der Waals surface area contributed by atoms with Gasteiger partial charge in [-0.25, -0.2) is 4.79 Å². The summed E-state index contributed by atoms with van der Waals surface area (Å²) in [5, 5.41) is 12.1. The van der Waals surface area contributed by atoms with Crippen molar-refractivity contribution in [3.63, 3.8) is 0 Å². The van der Waals surface area contributed by atoms with E-state index in [0.717, 1.165) is 11.1 Å². The Morgan fingerprint density at radius 1 is 0.931 bits per heavy atom. The fourth-order valence-corrected chi connectivity index (χ4v) is 2.99. The van der Waals surface area contributed by atoms with Crippen LogP contribution in [0, 0.1) is 25.2 Å². The molecule has 0 radical (unpaired) electrons. The van der Waals surface area contributed by atoms with Crippen molar-refractivity contribution < 1.29 is 14.3 Å². The Hall–Kier alpha value is -3.91. The van der Waals surface area contributed by atoms with Gasteiger partial charge in [-0.15, -0.1) is 0 Å². The third kappa shape index (κ3) is 4.50. The molecule has 3 aromatic rings. The minimum Gasteiger partial charge on any atom is -0.452 e. The number of aryl methyl sites for hydroxylation is 1. The van der Waals surface area contributed by atoms with Crippen LogP contribution in [0.25, 0.3) is 11.1 Å². The normalized spacial score (nSPS) is 10.1. The number of carbonyl (C=O) groups excluding carboxylic acids is 2. The standard InChI is InChI=1S/C24H20N2O3/c1-16-8-7-13-22(17(16)2)26-23(27)15-29-24(28)21-12-6-5-11-20(21)19-10-4-3-9-18(19)14-25/h3-13H,15H2,1-2H3,(H,26,27). The van der Waals surface area contributed by atoms with E-state index < -0.39 is 18.5 Å². The molecule has 3 rings (SSSR count). The van der Waals surface area contributed by atoms with Crippen LogP contribution < -0.4 is 5.32 Å². The second-order valence-corrected chi connectivity index (χ2v) is 6.57. The molecule has 0 spiro atoms. The van der Waals surface area contributed by atoms with Crippen LogP contribution in [0.3, 0.4) is 0 Å². The minimum absolute atomic E-state index is 0.301. The largest absolute Gasteiger partial charge is 0.452 e. The smallest absolute Gasteiger partial charge is 0.339 e. The van der Waals surface area contributed by atoms with Gasteiger partial charge >= 0.3 is 5.97 Å². The molecule has 1 N–H and O–H groups in total. The molecule has 1 amide bonds. The highest BCUT2D eigenvalue weighted by Crippen LogP contribution is 2.27. The Kier molecular flexibility index (Phi) is 6.06. The summed E-state index contributed by atoms with van der Waals surface area (Å²) in [4.78, 5) is 24.9. The quantitative estimate of drug-likeness (QED) is 0.650. The van der Waals surface area contributed by atoms with Gasteiger partial charge in [0.1, 0.15) is 0 Å². The molecule has 5 heteroatoms. The van der Waals surface area contributed by atoms with Crippen LogP contribution in [0.15, 0.2) is 66.7 Å². The molecule has 0 heterocycles. The zero-order valence-corrected chi connectivity index (χ0v) is 16.2. The van der Waals surface area contributed by atoms with E-state index in [1.165, 1.54) is 0 Å². The Bertz CT molecular complexity index is 1110. The molecule has 29 heavy (non-hydrogen) atoms. The lowest BCUT2D eigenvalue weighted by molar-refractivity contribution is -0.119. The first-order valence-corrected chi connectivity index (χ1v) is 9.13. The molecular weight excluding hydrogens is 364 g/mol. The van der Waals surface area contributed by atoms with E-state index >= 15 is 0 Å². The number of rotatable bonds is 5. The lowest BCUT2D eigenvalue weighted by Gasteiger charge is -2.12. The molecule has 0 fully saturated rings. The number of hydrogen-bond acceptors (Lipinski definition) is 4. The Morgan fingerprint density at radius 2 is 1.62 bits per heavy atom. The van der Waals surface area contributed by atoms with Gasteiger partial charge in [0.25, 0.3) is 5.91 Å². The second kappa shape index (κ2) is 8.85. The first kappa shape index (κ1) is 19.8. The number of carbonyl (C=O) groups is 2. The van der Waals surface area contributed by atoms with Gasteiger partial charge in [-0.1, -0.05) is 48.5 Å². The highest BCUT2D eigenvalue weighted by molar-refractivity contribution is 6.00. The van der Waals surface area contributed by atoms with E-state index in [9.17, 15) is 14.9 Å². The summed E-state index contributed by atoms with van der Waals surface area (Å²) in [6.45, 7) is 3.47. The number of nitrogens with one attached hydrogen (secondary N) is 1. The fourth-order valence-electron chi connectivity index (χ4n) is 2.99. The van der Waals surface area contributed by atoms with E-state index in [-0.39, 0.29) is 0 Å². The number of nitrogens with zero attached hydrogens (tertiary/aromatic N) is 1. The maximum Gasteiger partial charge on any atom is 0.339 e. The summed E-state index contributed by atoms with van der Waals surface area (Å²) in [5.41, 5.74) is 4.70. The third-order valence-electron chi connectivity index (χ3n) is 4.70. The molecule has 0 unspecified atom stereocenters. The summed E-state index contributed by atoms with van der Waals surface area (Å²) >= 11 is 0. The first-order valence-electron chi connectivity index (χ1n) is 9.13. The van der Waals surface area contributed by atoms with E-state index in [1.807, 2.05) is 26.0 Å². The molecule has 0 aliphatic heterocycles. The Labute approximate surface area is 169 Å². The van der Waals surface area contributed by atoms with Crippen molar-refractivity contribution in [3.05, 3.63) is 89.0 Å². The van der Waals surface area contributed by atoms with Crippen LogP contribution in [0.1, 0.15) is 27.0 Å². The first-order chi connectivity index (χ1) is 14.0. The minimum atomic E-state index is -0.621. The van der Waals surface area contributed by atoms with Gasteiger partial charge < -0.3 is 10.1 Å². The van der Waals surface area contributed by atoms with Crippen LogP contribution in [0.5, 0.6) is 0 Å². The second-order valence-electron chi connectivity index (χ2n) is 6.57. The number of ether oxygens (including phenoxy) is 1. The molecular formula is C24H20N2O3. The van der Waals surface area contributed by atoms with Crippen LogP contribution in [0.2, 0.25) is 0 Å². The van der Waals surface area contributed by atoms with Gasteiger partial charge in [0.05, 0.1) is 17.2 Å². The molecule has 0 bridgehead atoms. The van der Waals surface area contributed by atoms with Crippen molar-refractivity contribution in [2.45, 2.75) is 13.8 Å². The van der Waals surface area contributed by atoms with Gasteiger partial charge in [-0.3, -0.25) is 4.79 Å². The number of hydrogen-bond donors (Lipinski definition) is 1. The maximum absolute atomic E-state index is 12.6. The van der Waals surface area contributed by atoms with Crippen LogP contribution in [-0.4, -0.2) is 18.5 Å². The third-order valence-corrected chi connectivity index (χ3v) is 4.70. The fraction of sp³-hybridized carbons (Fsp3) is 0.125. The summed E-state index contributed by atoms with van der Waals surface area (Å²) in [6, 6.07) is 21.6. The van der Waals surface area contributed by atoms with Crippen LogP contribution in [-0.2, 0) is 9.53 Å². The zero-order valence-electron chi connectivity index (χ0n) is 16.2. The van der Waals surface area contributed by atoms with Gasteiger partial charge in [0.15, 0.2) is 6.61 Å². The van der Waals surface area contributed by atoms with Crippen molar-refractivity contribution in [1.29, 1.82) is 5.26 Å². The van der Waals surface area contributed by atoms with Crippen molar-refractivity contribution >= 4 is 17.6 Å². The lowest BCUT2D eigenvalue weighted by atomic mass is 9.96. The predicted molar refractivity (Wildman–Crippen MR) is 111 cm³/mol. The number of nitriles is 1. The summed E-state index contributed by atoms with van der Waals surface area (Å²) < 4.78 is 5.23. The predicted octanol–water partition coefficient (Wildman–Crippen LogP) is 4.64. The molecule has 0 aliphatic carbocycles. The summed E-state index contributed by atoms with van der Waals surface area (Å²) in [7, 11) is 0. The van der Waals surface area contributed by atoms with Gasteiger partial charge in [0, 0.05) is 11.3 Å². The number of esters is 1. The Balaban J connectivity index is 1.74. The summed E-state index contributed by atoms with van der Waals surface area (Å²) in [6.07, 6.45) is 0. The maximum atomic E-state index is 12.6. The van der Waals surface area contributed by atoms with Gasteiger partial charge in [-0.05, 0) is 48.7 Å². The molecule has 0 aromatic heterocycles. The highest BCUT2D eigenvalue weighted by atomic mass is 16.5. The molecule has 5 nitrogen and oxygen atoms in total. The van der Waals surface area contributed by atoms with Crippen molar-refractivity contribution in [1.82, 2.24) is 0 Å². The van der Waals surface area contributed by atoms with Crippen molar-refractivity contribution in [3.8, 4) is 17.2 Å². The van der Waals surface area contributed by atoms with Crippen LogP contribution >= 0.6 is 0 Å². The number of anilines is 1. The molecule has 0 saturated carbocycles. The monoisotopic (exact) mass is 384 g/mol. The average Bonchev–Trinajstić information content (AvgIpc) is 2.75. The number of benzene rings is 3. The van der Waals surface area contributed by atoms with E-state index in [2.05, 4.69) is 11.4 Å². The average molecular weight is 384 g/mol. The molecule has 144 valence electrons. The zero-order chi connectivity index (χ0) is 20.8. The molecule has 3 aromatic carbocycles. The highest BCUT2D eigenvalue weighted by Gasteiger charge is 2.17. The van der Waals surface area contributed by atoms with E-state index in [4.69, 9.17) is 4.74 Å². The molecule has 0 aliphatic rings. The van der Waals surface area contributed by atoms with Gasteiger partial charge in [-0.2, -0.15) is 5.26 Å².